The molecule has 0 bridgehead atoms. The van der Waals surface area contributed by atoms with Crippen LogP contribution in [0.15, 0.2) is 47.5 Å². The third-order valence-corrected chi connectivity index (χ3v) is 5.99. The van der Waals surface area contributed by atoms with E-state index in [1.807, 2.05) is 6.92 Å². The van der Waals surface area contributed by atoms with Crippen molar-refractivity contribution in [1.82, 2.24) is 3.97 Å². The number of hydrogen-bond donors (Lipinski definition) is 1. The summed E-state index contributed by atoms with van der Waals surface area (Å²) in [7, 11) is -3.85. The Morgan fingerprint density at radius 3 is 2.41 bits per heavy atom. The fourth-order valence-electron chi connectivity index (χ4n) is 3.00. The quantitative estimate of drug-likeness (QED) is 0.692. The van der Waals surface area contributed by atoms with Crippen molar-refractivity contribution in [2.45, 2.75) is 31.8 Å². The molecule has 8 heteroatoms. The second-order valence-electron chi connectivity index (χ2n) is 6.22. The SMILES string of the molecule is Cc1ccc(S(=O)(=O)n2ccc3c(CO)c(OCC(F)F)cc(C)c32)cc1. The highest BCUT2D eigenvalue weighted by atomic mass is 32.2. The van der Waals surface area contributed by atoms with Gasteiger partial charge in [0, 0.05) is 17.1 Å². The number of ether oxygens (including phenoxy) is 1. The zero-order valence-corrected chi connectivity index (χ0v) is 15.6. The minimum absolute atomic E-state index is 0.119. The summed E-state index contributed by atoms with van der Waals surface area (Å²) in [6, 6.07) is 9.48. The number of halogens is 2. The number of aryl methyl sites for hydroxylation is 2. The van der Waals surface area contributed by atoms with Gasteiger partial charge < -0.3 is 9.84 Å². The number of fused-ring (bicyclic) bond motifs is 1. The standard InChI is InChI=1S/C19H19F2NO4S/c1-12-3-5-14(6-4-12)27(24,25)22-8-7-15-16(10-23)17(26-11-18(20)21)9-13(2)19(15)22/h3-9,18,23H,10-11H2,1-2H3. The highest BCUT2D eigenvalue weighted by Crippen LogP contribution is 2.34. The number of aliphatic hydroxyl groups excluding tert-OH is 1. The molecule has 0 amide bonds. The lowest BCUT2D eigenvalue weighted by atomic mass is 10.1. The van der Waals surface area contributed by atoms with Crippen molar-refractivity contribution in [3.05, 3.63) is 59.3 Å². The largest absolute Gasteiger partial charge is 0.487 e. The van der Waals surface area contributed by atoms with Gasteiger partial charge in [-0.05, 0) is 43.7 Å². The van der Waals surface area contributed by atoms with E-state index >= 15 is 0 Å². The predicted molar refractivity (Wildman–Crippen MR) is 97.9 cm³/mol. The normalized spacial score (nSPS) is 12.1. The molecule has 0 atom stereocenters. The molecule has 0 unspecified atom stereocenters. The Morgan fingerprint density at radius 1 is 1.15 bits per heavy atom. The minimum atomic E-state index is -3.85. The molecule has 0 aliphatic carbocycles. The third-order valence-electron chi connectivity index (χ3n) is 4.30. The fraction of sp³-hybridized carbons (Fsp3) is 0.263. The molecule has 5 nitrogen and oxygen atoms in total. The van der Waals surface area contributed by atoms with E-state index in [4.69, 9.17) is 4.74 Å². The number of alkyl halides is 2. The number of rotatable bonds is 6. The Morgan fingerprint density at radius 2 is 1.81 bits per heavy atom. The summed E-state index contributed by atoms with van der Waals surface area (Å²) in [6.45, 7) is 2.25. The molecule has 0 aliphatic rings. The Bertz CT molecular complexity index is 1070. The van der Waals surface area contributed by atoms with Gasteiger partial charge in [-0.3, -0.25) is 0 Å². The maximum Gasteiger partial charge on any atom is 0.272 e. The molecule has 27 heavy (non-hydrogen) atoms. The summed E-state index contributed by atoms with van der Waals surface area (Å²) in [4.78, 5) is 0.133. The number of nitrogens with zero attached hydrogens (tertiary/aromatic N) is 1. The van der Waals surface area contributed by atoms with Crippen LogP contribution in [-0.2, 0) is 16.6 Å². The molecule has 0 aliphatic heterocycles. The van der Waals surface area contributed by atoms with Crippen LogP contribution >= 0.6 is 0 Å². The molecule has 3 aromatic rings. The Labute approximate surface area is 155 Å². The van der Waals surface area contributed by atoms with Gasteiger partial charge in [0.05, 0.1) is 17.0 Å². The van der Waals surface area contributed by atoms with Crippen LogP contribution in [0, 0.1) is 13.8 Å². The van der Waals surface area contributed by atoms with Crippen LogP contribution in [0.2, 0.25) is 0 Å². The van der Waals surface area contributed by atoms with Crippen LogP contribution in [0.5, 0.6) is 5.75 Å². The van der Waals surface area contributed by atoms with E-state index in [0.29, 0.717) is 16.5 Å². The van der Waals surface area contributed by atoms with E-state index in [1.165, 1.54) is 30.5 Å². The van der Waals surface area contributed by atoms with Crippen molar-refractivity contribution in [2.75, 3.05) is 6.61 Å². The highest BCUT2D eigenvalue weighted by molar-refractivity contribution is 7.90. The molecule has 0 saturated carbocycles. The van der Waals surface area contributed by atoms with Crippen LogP contribution in [0.25, 0.3) is 10.9 Å². The maximum absolute atomic E-state index is 13.0. The van der Waals surface area contributed by atoms with Crippen molar-refractivity contribution in [3.8, 4) is 5.75 Å². The third kappa shape index (κ3) is 3.54. The smallest absolute Gasteiger partial charge is 0.272 e. The van der Waals surface area contributed by atoms with Gasteiger partial charge in [-0.25, -0.2) is 21.2 Å². The number of aromatic nitrogens is 1. The molecular formula is C19H19F2NO4S. The van der Waals surface area contributed by atoms with Crippen molar-refractivity contribution < 1.29 is 27.0 Å². The zero-order valence-electron chi connectivity index (χ0n) is 14.8. The summed E-state index contributed by atoms with van der Waals surface area (Å²) in [6.07, 6.45) is -1.26. The van der Waals surface area contributed by atoms with Crippen molar-refractivity contribution in [3.63, 3.8) is 0 Å². The average Bonchev–Trinajstić information content (AvgIpc) is 3.07. The summed E-state index contributed by atoms with van der Waals surface area (Å²) < 4.78 is 57.3. The molecule has 144 valence electrons. The van der Waals surface area contributed by atoms with Crippen LogP contribution < -0.4 is 4.74 Å². The van der Waals surface area contributed by atoms with E-state index in [0.717, 1.165) is 9.54 Å². The molecule has 3 rings (SSSR count). The van der Waals surface area contributed by atoms with Crippen LogP contribution in [-0.4, -0.2) is 30.5 Å². The summed E-state index contributed by atoms with van der Waals surface area (Å²) in [5.41, 5.74) is 2.12. The highest BCUT2D eigenvalue weighted by Gasteiger charge is 2.23. The first kappa shape index (κ1) is 19.3. The molecule has 0 saturated heterocycles. The first-order valence-corrected chi connectivity index (χ1v) is 9.67. The van der Waals surface area contributed by atoms with Crippen LogP contribution in [0.4, 0.5) is 8.78 Å². The van der Waals surface area contributed by atoms with Gasteiger partial charge in [0.2, 0.25) is 0 Å². The Hall–Kier alpha value is -2.45. The van der Waals surface area contributed by atoms with E-state index in [-0.39, 0.29) is 16.2 Å². The summed E-state index contributed by atoms with van der Waals surface area (Å²) in [5.74, 6) is 0.119. The van der Waals surface area contributed by atoms with Gasteiger partial charge in [0.15, 0.2) is 0 Å². The number of aliphatic hydroxyl groups is 1. The van der Waals surface area contributed by atoms with Gasteiger partial charge in [-0.15, -0.1) is 0 Å². The van der Waals surface area contributed by atoms with Gasteiger partial charge in [-0.1, -0.05) is 17.7 Å². The molecule has 0 fully saturated rings. The zero-order chi connectivity index (χ0) is 19.8. The van der Waals surface area contributed by atoms with Crippen molar-refractivity contribution in [1.29, 1.82) is 0 Å². The number of benzene rings is 2. The van der Waals surface area contributed by atoms with Crippen molar-refractivity contribution in [2.24, 2.45) is 0 Å². The van der Waals surface area contributed by atoms with Gasteiger partial charge in [0.1, 0.15) is 12.4 Å². The maximum atomic E-state index is 13.0. The second kappa shape index (κ2) is 7.28. The molecule has 0 radical (unpaired) electrons. The predicted octanol–water partition coefficient (Wildman–Crippen LogP) is 3.63. The Balaban J connectivity index is 2.18. The van der Waals surface area contributed by atoms with Gasteiger partial charge in [0.25, 0.3) is 16.4 Å². The molecule has 0 spiro atoms. The van der Waals surface area contributed by atoms with Crippen LogP contribution in [0.3, 0.4) is 0 Å². The number of hydrogen-bond acceptors (Lipinski definition) is 4. The first-order chi connectivity index (χ1) is 12.8. The van der Waals surface area contributed by atoms with Crippen molar-refractivity contribution >= 4 is 20.9 Å². The van der Waals surface area contributed by atoms with E-state index in [2.05, 4.69) is 0 Å². The minimum Gasteiger partial charge on any atom is -0.487 e. The van der Waals surface area contributed by atoms with E-state index in [9.17, 15) is 22.3 Å². The second-order valence-corrected chi connectivity index (χ2v) is 8.04. The molecule has 1 heterocycles. The topological polar surface area (TPSA) is 68.5 Å². The van der Waals surface area contributed by atoms with Gasteiger partial charge >= 0.3 is 0 Å². The van der Waals surface area contributed by atoms with E-state index in [1.54, 1.807) is 19.1 Å². The van der Waals surface area contributed by atoms with Gasteiger partial charge in [-0.2, -0.15) is 0 Å². The monoisotopic (exact) mass is 395 g/mol. The average molecular weight is 395 g/mol. The van der Waals surface area contributed by atoms with Crippen LogP contribution in [0.1, 0.15) is 16.7 Å². The first-order valence-electron chi connectivity index (χ1n) is 8.23. The Kier molecular flexibility index (Phi) is 5.21. The lowest BCUT2D eigenvalue weighted by molar-refractivity contribution is 0.0807. The lowest BCUT2D eigenvalue weighted by Gasteiger charge is -2.15. The van der Waals surface area contributed by atoms with E-state index < -0.39 is 29.7 Å². The molecule has 2 aromatic carbocycles. The molecule has 1 aromatic heterocycles. The molecular weight excluding hydrogens is 376 g/mol. The molecule has 1 N–H and O–H groups in total. The fourth-order valence-corrected chi connectivity index (χ4v) is 4.41. The summed E-state index contributed by atoms with van der Waals surface area (Å²) in [5, 5.41) is 10.1. The summed E-state index contributed by atoms with van der Waals surface area (Å²) >= 11 is 0. The lowest BCUT2D eigenvalue weighted by Crippen LogP contribution is -2.13.